The molecule has 4 aromatic rings. The Bertz CT molecular complexity index is 1400. The van der Waals surface area contributed by atoms with Crippen LogP contribution in [0.2, 0.25) is 5.02 Å². The molecular weight excluding hydrogens is 436 g/mol. The van der Waals surface area contributed by atoms with Crippen LogP contribution in [-0.2, 0) is 9.84 Å². The molecule has 0 spiro atoms. The fourth-order valence-electron chi connectivity index (χ4n) is 3.32. The molecule has 0 fully saturated rings. The molecule has 0 saturated carbocycles. The highest BCUT2D eigenvalue weighted by atomic mass is 35.5. The van der Waals surface area contributed by atoms with Crippen LogP contribution in [0.25, 0.3) is 28.2 Å². The van der Waals surface area contributed by atoms with Gasteiger partial charge in [-0.05, 0) is 35.4 Å². The monoisotopic (exact) mass is 452 g/mol. The van der Waals surface area contributed by atoms with Gasteiger partial charge in [0.25, 0.3) is 0 Å². The van der Waals surface area contributed by atoms with E-state index in [1.54, 1.807) is 42.5 Å². The molecular formula is C23H17ClN2O4S. The highest BCUT2D eigenvalue weighted by Gasteiger charge is 2.22. The summed E-state index contributed by atoms with van der Waals surface area (Å²) in [5.41, 5.74) is 2.15. The normalized spacial score (nSPS) is 11.4. The Kier molecular flexibility index (Phi) is 5.39. The van der Waals surface area contributed by atoms with E-state index < -0.39 is 15.8 Å². The highest BCUT2D eigenvalue weighted by Crippen LogP contribution is 2.33. The molecule has 0 unspecified atom stereocenters. The molecule has 0 aliphatic rings. The van der Waals surface area contributed by atoms with Crippen LogP contribution >= 0.6 is 11.6 Å². The van der Waals surface area contributed by atoms with Crippen LogP contribution in [-0.4, -0.2) is 35.3 Å². The van der Waals surface area contributed by atoms with E-state index in [4.69, 9.17) is 11.6 Å². The van der Waals surface area contributed by atoms with Crippen LogP contribution in [0.15, 0.2) is 83.9 Å². The number of carboxylic acids is 1. The molecule has 0 aliphatic heterocycles. The van der Waals surface area contributed by atoms with Gasteiger partial charge in [0, 0.05) is 18.0 Å². The minimum absolute atomic E-state index is 0.0523. The molecule has 0 aliphatic carbocycles. The minimum Gasteiger partial charge on any atom is -0.476 e. The SMILES string of the molecule is CS(=O)(=O)c1cc(-c2ccccc2)ccc1-n1cc(C(=O)O)nc1-c1ccccc1Cl. The van der Waals surface area contributed by atoms with Gasteiger partial charge in [0.15, 0.2) is 15.5 Å². The number of aromatic carboxylic acids is 1. The Morgan fingerprint density at radius 3 is 2.29 bits per heavy atom. The maximum atomic E-state index is 12.7. The average Bonchev–Trinajstić information content (AvgIpc) is 3.19. The van der Waals surface area contributed by atoms with E-state index in [0.717, 1.165) is 17.4 Å². The first-order chi connectivity index (χ1) is 14.8. The topological polar surface area (TPSA) is 89.3 Å². The lowest BCUT2D eigenvalue weighted by Crippen LogP contribution is -2.06. The molecule has 1 heterocycles. The van der Waals surface area contributed by atoms with Gasteiger partial charge < -0.3 is 5.11 Å². The van der Waals surface area contributed by atoms with Crippen molar-refractivity contribution >= 4 is 27.4 Å². The third-order valence-corrected chi connectivity index (χ3v) is 6.22. The third-order valence-electron chi connectivity index (χ3n) is 4.77. The summed E-state index contributed by atoms with van der Waals surface area (Å²) < 4.78 is 26.8. The number of halogens is 1. The molecule has 0 saturated heterocycles. The van der Waals surface area contributed by atoms with E-state index in [1.165, 1.54) is 10.8 Å². The fraction of sp³-hybridized carbons (Fsp3) is 0.0435. The number of benzene rings is 3. The van der Waals surface area contributed by atoms with Gasteiger partial charge in [-0.3, -0.25) is 4.57 Å². The predicted molar refractivity (Wildman–Crippen MR) is 120 cm³/mol. The van der Waals surface area contributed by atoms with Crippen molar-refractivity contribution < 1.29 is 18.3 Å². The third kappa shape index (κ3) is 4.10. The molecule has 0 amide bonds. The lowest BCUT2D eigenvalue weighted by Gasteiger charge is -2.14. The quantitative estimate of drug-likeness (QED) is 0.462. The molecule has 0 bridgehead atoms. The Morgan fingerprint density at radius 1 is 0.968 bits per heavy atom. The molecule has 1 aromatic heterocycles. The molecule has 156 valence electrons. The van der Waals surface area contributed by atoms with E-state index in [1.807, 2.05) is 30.3 Å². The van der Waals surface area contributed by atoms with Crippen molar-refractivity contribution in [1.82, 2.24) is 9.55 Å². The maximum absolute atomic E-state index is 12.7. The Morgan fingerprint density at radius 2 is 1.65 bits per heavy atom. The number of imidazole rings is 1. The summed E-state index contributed by atoms with van der Waals surface area (Å²) in [5, 5.41) is 9.85. The first-order valence-electron chi connectivity index (χ1n) is 9.23. The summed E-state index contributed by atoms with van der Waals surface area (Å²) >= 11 is 6.32. The second-order valence-electron chi connectivity index (χ2n) is 6.93. The van der Waals surface area contributed by atoms with E-state index in [0.29, 0.717) is 10.6 Å². The van der Waals surface area contributed by atoms with Crippen LogP contribution in [0, 0.1) is 0 Å². The van der Waals surface area contributed by atoms with Crippen LogP contribution in [0.5, 0.6) is 0 Å². The van der Waals surface area contributed by atoms with Crippen molar-refractivity contribution in [1.29, 1.82) is 0 Å². The van der Waals surface area contributed by atoms with Crippen molar-refractivity contribution in [3.8, 4) is 28.2 Å². The second-order valence-corrected chi connectivity index (χ2v) is 9.32. The highest BCUT2D eigenvalue weighted by molar-refractivity contribution is 7.90. The van der Waals surface area contributed by atoms with Gasteiger partial charge in [0.2, 0.25) is 0 Å². The fourth-order valence-corrected chi connectivity index (χ4v) is 4.43. The Balaban J connectivity index is 2.00. The van der Waals surface area contributed by atoms with Crippen molar-refractivity contribution in [3.63, 3.8) is 0 Å². The number of hydrogen-bond donors (Lipinski definition) is 1. The van der Waals surface area contributed by atoms with Crippen LogP contribution in [0.4, 0.5) is 0 Å². The van der Waals surface area contributed by atoms with Gasteiger partial charge in [-0.2, -0.15) is 0 Å². The molecule has 6 nitrogen and oxygen atoms in total. The molecule has 3 aromatic carbocycles. The largest absolute Gasteiger partial charge is 0.476 e. The van der Waals surface area contributed by atoms with E-state index in [9.17, 15) is 18.3 Å². The number of aromatic nitrogens is 2. The number of carboxylic acid groups (broad SMARTS) is 1. The zero-order valence-corrected chi connectivity index (χ0v) is 17.9. The van der Waals surface area contributed by atoms with Crippen molar-refractivity contribution in [2.75, 3.05) is 6.26 Å². The summed E-state index contributed by atoms with van der Waals surface area (Å²) in [4.78, 5) is 15.9. The average molecular weight is 453 g/mol. The van der Waals surface area contributed by atoms with Gasteiger partial charge in [0.05, 0.1) is 15.6 Å². The van der Waals surface area contributed by atoms with Crippen LogP contribution < -0.4 is 0 Å². The molecule has 8 heteroatoms. The van der Waals surface area contributed by atoms with Crippen molar-refractivity contribution in [2.45, 2.75) is 4.90 Å². The van der Waals surface area contributed by atoms with Gasteiger partial charge in [-0.1, -0.05) is 60.1 Å². The van der Waals surface area contributed by atoms with Gasteiger partial charge in [-0.25, -0.2) is 18.2 Å². The predicted octanol–water partition coefficient (Wildman–Crippen LogP) is 4.96. The summed E-state index contributed by atoms with van der Waals surface area (Å²) in [6.07, 6.45) is 2.41. The lowest BCUT2D eigenvalue weighted by molar-refractivity contribution is 0.0691. The summed E-state index contributed by atoms with van der Waals surface area (Å²) in [6.45, 7) is 0. The smallest absolute Gasteiger partial charge is 0.356 e. The number of hydrogen-bond acceptors (Lipinski definition) is 4. The van der Waals surface area contributed by atoms with Gasteiger partial charge in [0.1, 0.15) is 5.82 Å². The number of sulfone groups is 1. The molecule has 0 atom stereocenters. The standard InChI is InChI=1S/C23H17ClN2O4S/c1-31(29,30)21-13-16(15-7-3-2-4-8-15)11-12-20(21)26-14-19(23(27)28)25-22(26)17-9-5-6-10-18(17)24/h2-14H,1H3,(H,27,28). The maximum Gasteiger partial charge on any atom is 0.356 e. The van der Waals surface area contributed by atoms with Crippen LogP contribution in [0.3, 0.4) is 0 Å². The van der Waals surface area contributed by atoms with Crippen molar-refractivity contribution in [2.24, 2.45) is 0 Å². The first kappa shape index (κ1) is 20.8. The zero-order valence-electron chi connectivity index (χ0n) is 16.4. The molecule has 4 rings (SSSR count). The van der Waals surface area contributed by atoms with E-state index >= 15 is 0 Å². The summed E-state index contributed by atoms with van der Waals surface area (Å²) in [5.74, 6) is -0.991. The Labute approximate surface area is 184 Å². The lowest BCUT2D eigenvalue weighted by atomic mass is 10.1. The van der Waals surface area contributed by atoms with E-state index in [2.05, 4.69) is 4.98 Å². The summed E-state index contributed by atoms with van der Waals surface area (Å²) in [6, 6.07) is 21.2. The molecule has 0 radical (unpaired) electrons. The molecule has 1 N–H and O–H groups in total. The number of carbonyl (C=O) groups is 1. The minimum atomic E-state index is -3.66. The van der Waals surface area contributed by atoms with Gasteiger partial charge >= 0.3 is 5.97 Å². The van der Waals surface area contributed by atoms with Crippen LogP contribution in [0.1, 0.15) is 10.5 Å². The van der Waals surface area contributed by atoms with E-state index in [-0.39, 0.29) is 22.1 Å². The van der Waals surface area contributed by atoms with Crippen molar-refractivity contribution in [3.05, 3.63) is 89.7 Å². The molecule has 31 heavy (non-hydrogen) atoms. The van der Waals surface area contributed by atoms with Gasteiger partial charge in [-0.15, -0.1) is 0 Å². The summed E-state index contributed by atoms with van der Waals surface area (Å²) in [7, 11) is -3.66. The number of nitrogens with zero attached hydrogens (tertiary/aromatic N) is 2. The number of rotatable bonds is 5. The second kappa shape index (κ2) is 8.02. The Hall–Kier alpha value is -3.42. The zero-order chi connectivity index (χ0) is 22.2. The first-order valence-corrected chi connectivity index (χ1v) is 11.5.